The Balaban J connectivity index is 3.04. The number of carbonyl (C=O) groups excluding carboxylic acids is 2. The molecule has 0 aliphatic carbocycles. The van der Waals surface area contributed by atoms with Gasteiger partial charge in [0.2, 0.25) is 5.88 Å². The minimum atomic E-state index is -1.08. The van der Waals surface area contributed by atoms with Gasteiger partial charge in [-0.3, -0.25) is 5.32 Å². The molecule has 0 bridgehead atoms. The zero-order valence-electron chi connectivity index (χ0n) is 11.8. The van der Waals surface area contributed by atoms with E-state index in [1.165, 1.54) is 4.68 Å². The van der Waals surface area contributed by atoms with Gasteiger partial charge in [0, 0.05) is 0 Å². The highest BCUT2D eigenvalue weighted by Crippen LogP contribution is 2.33. The van der Waals surface area contributed by atoms with E-state index in [2.05, 4.69) is 26.3 Å². The van der Waals surface area contributed by atoms with Gasteiger partial charge in [0.15, 0.2) is 4.60 Å². The first-order valence-corrected chi connectivity index (χ1v) is 6.78. The molecule has 0 saturated heterocycles. The van der Waals surface area contributed by atoms with E-state index in [1.807, 2.05) is 0 Å². The molecule has 9 nitrogen and oxygen atoms in total. The maximum absolute atomic E-state index is 11.8. The van der Waals surface area contributed by atoms with Crippen LogP contribution >= 0.6 is 15.9 Å². The Morgan fingerprint density at radius 1 is 1.48 bits per heavy atom. The van der Waals surface area contributed by atoms with Crippen LogP contribution in [-0.4, -0.2) is 39.3 Å². The van der Waals surface area contributed by atoms with Crippen LogP contribution in [0.15, 0.2) is 4.60 Å². The fraction of sp³-hybridized carbons (Fsp3) is 0.545. The summed E-state index contributed by atoms with van der Waals surface area (Å²) < 4.78 is 11.3. The average Bonchev–Trinajstić information content (AvgIpc) is 2.55. The third-order valence-corrected chi connectivity index (χ3v) is 2.55. The number of aromatic nitrogens is 2. The number of aliphatic hydroxyl groups excluding tert-OH is 1. The topological polar surface area (TPSA) is 129 Å². The molecule has 0 spiro atoms. The van der Waals surface area contributed by atoms with E-state index in [0.29, 0.717) is 0 Å². The number of hydrogen-bond acceptors (Lipinski definition) is 6. The third-order valence-electron chi connectivity index (χ3n) is 2.00. The number of nitrogens with one attached hydrogen (secondary N) is 1. The number of nitrogens with two attached hydrogens (primary N) is 1. The molecule has 0 saturated carbocycles. The van der Waals surface area contributed by atoms with Gasteiger partial charge in [-0.05, 0) is 36.7 Å². The molecule has 0 aliphatic heterocycles. The van der Waals surface area contributed by atoms with Gasteiger partial charge in [0.05, 0.1) is 13.2 Å². The van der Waals surface area contributed by atoms with E-state index < -0.39 is 17.8 Å². The Hall–Kier alpha value is -1.81. The van der Waals surface area contributed by atoms with Crippen molar-refractivity contribution in [1.29, 1.82) is 0 Å². The predicted octanol–water partition coefficient (Wildman–Crippen LogP) is 1.44. The quantitative estimate of drug-likeness (QED) is 0.741. The van der Waals surface area contributed by atoms with Crippen molar-refractivity contribution in [3.63, 3.8) is 0 Å². The highest BCUT2D eigenvalue weighted by molar-refractivity contribution is 9.10. The monoisotopic (exact) mass is 364 g/mol. The molecule has 10 heteroatoms. The number of primary amides is 1. The second kappa shape index (κ2) is 6.76. The van der Waals surface area contributed by atoms with Crippen LogP contribution in [0.25, 0.3) is 0 Å². The van der Waals surface area contributed by atoms with Crippen LogP contribution < -0.4 is 15.8 Å². The molecule has 1 aromatic heterocycles. The number of ether oxygens (including phenoxy) is 2. The zero-order valence-corrected chi connectivity index (χ0v) is 13.4. The lowest BCUT2D eigenvalue weighted by Crippen LogP contribution is -2.27. The lowest BCUT2D eigenvalue weighted by molar-refractivity contribution is 0.0635. The summed E-state index contributed by atoms with van der Waals surface area (Å²) in [6, 6.07) is 0. The van der Waals surface area contributed by atoms with Gasteiger partial charge in [-0.25, -0.2) is 14.3 Å². The Morgan fingerprint density at radius 3 is 2.57 bits per heavy atom. The molecular formula is C11H17BrN4O5. The number of rotatable bonds is 4. The maximum atomic E-state index is 11.8. The van der Waals surface area contributed by atoms with E-state index in [4.69, 9.17) is 20.3 Å². The maximum Gasteiger partial charge on any atom is 0.412 e. The summed E-state index contributed by atoms with van der Waals surface area (Å²) in [5.41, 5.74) is 4.36. The zero-order chi connectivity index (χ0) is 16.2. The van der Waals surface area contributed by atoms with Gasteiger partial charge in [-0.2, -0.15) is 5.10 Å². The normalized spacial score (nSPS) is 11.1. The van der Waals surface area contributed by atoms with Crippen LogP contribution in [0.5, 0.6) is 5.88 Å². The highest BCUT2D eigenvalue weighted by Gasteiger charge is 2.24. The van der Waals surface area contributed by atoms with E-state index >= 15 is 0 Å². The minimum absolute atomic E-state index is 0.0528. The highest BCUT2D eigenvalue weighted by atomic mass is 79.9. The van der Waals surface area contributed by atoms with Crippen LogP contribution in [0, 0.1) is 0 Å². The number of hydrogen-bond donors (Lipinski definition) is 3. The SMILES string of the molecule is CC(C)(C)OC(=O)Nc1c(Br)nn(CCO)c1OC(N)=O. The molecule has 21 heavy (non-hydrogen) atoms. The molecule has 0 aromatic carbocycles. The van der Waals surface area contributed by atoms with Gasteiger partial charge >= 0.3 is 12.2 Å². The molecular weight excluding hydrogens is 348 g/mol. The molecule has 1 rings (SSSR count). The second-order valence-corrected chi connectivity index (χ2v) is 5.72. The van der Waals surface area contributed by atoms with Crippen LogP contribution in [0.3, 0.4) is 0 Å². The standard InChI is InChI=1S/C11H17BrN4O5/c1-11(2,3)21-10(19)14-6-7(12)15-16(4-5-17)8(6)20-9(13)18/h17H,4-5H2,1-3H3,(H2,13,18)(H,14,19). The smallest absolute Gasteiger partial charge is 0.412 e. The van der Waals surface area contributed by atoms with Gasteiger partial charge in [0.1, 0.15) is 11.3 Å². The molecule has 4 N–H and O–H groups in total. The van der Waals surface area contributed by atoms with Crippen molar-refractivity contribution >= 4 is 33.8 Å². The first-order chi connectivity index (χ1) is 9.64. The van der Waals surface area contributed by atoms with Crippen molar-refractivity contribution in [2.24, 2.45) is 5.73 Å². The second-order valence-electron chi connectivity index (χ2n) is 4.97. The van der Waals surface area contributed by atoms with Gasteiger partial charge < -0.3 is 20.3 Å². The molecule has 0 atom stereocenters. The number of carbonyl (C=O) groups is 2. The van der Waals surface area contributed by atoms with Crippen molar-refractivity contribution in [1.82, 2.24) is 9.78 Å². The number of anilines is 1. The first-order valence-electron chi connectivity index (χ1n) is 5.98. The molecule has 0 aliphatic rings. The summed E-state index contributed by atoms with van der Waals surface area (Å²) >= 11 is 3.12. The van der Waals surface area contributed by atoms with Crippen LogP contribution in [-0.2, 0) is 11.3 Å². The Kier molecular flexibility index (Phi) is 5.55. The molecule has 1 heterocycles. The summed E-state index contributed by atoms with van der Waals surface area (Å²) in [4.78, 5) is 22.7. The largest absolute Gasteiger partial charge is 0.444 e. The first kappa shape index (κ1) is 17.2. The van der Waals surface area contributed by atoms with Crippen molar-refractivity contribution in [2.45, 2.75) is 32.9 Å². The van der Waals surface area contributed by atoms with Gasteiger partial charge in [-0.15, -0.1) is 0 Å². The summed E-state index contributed by atoms with van der Waals surface area (Å²) in [6.45, 7) is 4.93. The molecule has 1 aromatic rings. The van der Waals surface area contributed by atoms with E-state index in [0.717, 1.165) is 0 Å². The molecule has 118 valence electrons. The number of nitrogens with zero attached hydrogens (tertiary/aromatic N) is 2. The van der Waals surface area contributed by atoms with Gasteiger partial charge in [-0.1, -0.05) is 0 Å². The van der Waals surface area contributed by atoms with Crippen LogP contribution in [0.1, 0.15) is 20.8 Å². The minimum Gasteiger partial charge on any atom is -0.444 e. The Morgan fingerprint density at radius 2 is 2.10 bits per heavy atom. The lowest BCUT2D eigenvalue weighted by Gasteiger charge is -2.19. The fourth-order valence-electron chi connectivity index (χ4n) is 1.37. The van der Waals surface area contributed by atoms with Crippen LogP contribution in [0.2, 0.25) is 0 Å². The summed E-state index contributed by atoms with van der Waals surface area (Å²) in [6.07, 6.45) is -1.82. The van der Waals surface area contributed by atoms with Crippen molar-refractivity contribution in [2.75, 3.05) is 11.9 Å². The van der Waals surface area contributed by atoms with E-state index in [9.17, 15) is 9.59 Å². The summed E-state index contributed by atoms with van der Waals surface area (Å²) in [5.74, 6) is -0.103. The molecule has 0 unspecified atom stereocenters. The number of amides is 2. The number of aliphatic hydroxyl groups is 1. The molecule has 2 amide bonds. The van der Waals surface area contributed by atoms with Crippen LogP contribution in [0.4, 0.5) is 15.3 Å². The Labute approximate surface area is 129 Å². The summed E-state index contributed by atoms with van der Waals surface area (Å²) in [7, 11) is 0. The Bertz CT molecular complexity index is 537. The third kappa shape index (κ3) is 5.23. The van der Waals surface area contributed by atoms with Crippen molar-refractivity contribution < 1.29 is 24.2 Å². The average molecular weight is 365 g/mol. The van der Waals surface area contributed by atoms with Crippen molar-refractivity contribution in [3.8, 4) is 5.88 Å². The predicted molar refractivity (Wildman–Crippen MR) is 77.1 cm³/mol. The fourth-order valence-corrected chi connectivity index (χ4v) is 1.83. The van der Waals surface area contributed by atoms with E-state index in [-0.39, 0.29) is 29.3 Å². The molecule has 0 radical (unpaired) electrons. The van der Waals surface area contributed by atoms with E-state index in [1.54, 1.807) is 20.8 Å². The summed E-state index contributed by atoms with van der Waals surface area (Å²) in [5, 5.41) is 15.3. The van der Waals surface area contributed by atoms with Gasteiger partial charge in [0.25, 0.3) is 0 Å². The van der Waals surface area contributed by atoms with Crippen molar-refractivity contribution in [3.05, 3.63) is 4.60 Å². The number of halogens is 1. The molecule has 0 fully saturated rings. The lowest BCUT2D eigenvalue weighted by atomic mass is 10.2.